The van der Waals surface area contributed by atoms with Gasteiger partial charge in [-0.15, -0.1) is 0 Å². The summed E-state index contributed by atoms with van der Waals surface area (Å²) in [6.07, 6.45) is 9.31. The van der Waals surface area contributed by atoms with E-state index in [0.717, 1.165) is 19.3 Å². The van der Waals surface area contributed by atoms with Gasteiger partial charge in [0.2, 0.25) is 0 Å². The van der Waals surface area contributed by atoms with Crippen molar-refractivity contribution in [3.05, 3.63) is 47.8 Å². The van der Waals surface area contributed by atoms with Crippen molar-refractivity contribution in [2.24, 2.45) is 0 Å². The molecule has 0 spiro atoms. The standard InChI is InChI=1S/C16H19FO2/c1-2-6-12-11-13(17)9-10-15(12)19-16-8-5-3-4-7-14(16)18/h2,5-6,8-11,14,16,18H,3-4,7H2,1H3/b6-2-/t14-,16-/m1/s1. The van der Waals surface area contributed by atoms with E-state index in [1.807, 2.05) is 25.2 Å². The third kappa shape index (κ3) is 3.67. The molecule has 3 heteroatoms. The molecule has 0 saturated heterocycles. The smallest absolute Gasteiger partial charge is 0.143 e. The molecule has 2 nitrogen and oxygen atoms in total. The first-order valence-electron chi connectivity index (χ1n) is 6.64. The summed E-state index contributed by atoms with van der Waals surface area (Å²) in [6.45, 7) is 1.87. The molecular formula is C16H19FO2. The number of rotatable bonds is 3. The first kappa shape index (κ1) is 13.8. The minimum absolute atomic E-state index is 0.294. The fourth-order valence-electron chi connectivity index (χ4n) is 2.17. The van der Waals surface area contributed by atoms with E-state index in [-0.39, 0.29) is 11.9 Å². The lowest BCUT2D eigenvalue weighted by Gasteiger charge is -2.21. The highest BCUT2D eigenvalue weighted by Crippen LogP contribution is 2.25. The van der Waals surface area contributed by atoms with Gasteiger partial charge in [-0.05, 0) is 50.5 Å². The molecule has 0 bridgehead atoms. The molecule has 0 saturated carbocycles. The molecule has 1 aromatic carbocycles. The molecule has 1 N–H and O–H groups in total. The summed E-state index contributed by atoms with van der Waals surface area (Å²) >= 11 is 0. The summed E-state index contributed by atoms with van der Waals surface area (Å²) in [6, 6.07) is 4.41. The van der Waals surface area contributed by atoms with Crippen LogP contribution in [0.3, 0.4) is 0 Å². The predicted octanol–water partition coefficient (Wildman–Crippen LogP) is 3.71. The largest absolute Gasteiger partial charge is 0.483 e. The highest BCUT2D eigenvalue weighted by Gasteiger charge is 2.20. The van der Waals surface area contributed by atoms with Crippen LogP contribution in [-0.2, 0) is 0 Å². The molecule has 1 aliphatic rings. The second-order valence-electron chi connectivity index (χ2n) is 4.69. The third-order valence-corrected chi connectivity index (χ3v) is 3.16. The molecule has 0 fully saturated rings. The van der Waals surface area contributed by atoms with Gasteiger partial charge in [0.1, 0.15) is 17.7 Å². The molecule has 0 radical (unpaired) electrons. The number of aliphatic hydroxyl groups is 1. The number of hydrogen-bond acceptors (Lipinski definition) is 2. The van der Waals surface area contributed by atoms with Crippen molar-refractivity contribution in [1.82, 2.24) is 0 Å². The van der Waals surface area contributed by atoms with E-state index < -0.39 is 6.10 Å². The van der Waals surface area contributed by atoms with Crippen molar-refractivity contribution in [3.8, 4) is 5.75 Å². The summed E-state index contributed by atoms with van der Waals surface area (Å²) < 4.78 is 19.1. The van der Waals surface area contributed by atoms with Gasteiger partial charge in [0.05, 0.1) is 6.10 Å². The Bertz CT molecular complexity index is 480. The average Bonchev–Trinajstić information content (AvgIpc) is 2.58. The minimum Gasteiger partial charge on any atom is -0.483 e. The minimum atomic E-state index is -0.512. The Morgan fingerprint density at radius 1 is 1.42 bits per heavy atom. The van der Waals surface area contributed by atoms with E-state index >= 15 is 0 Å². The van der Waals surface area contributed by atoms with Crippen LogP contribution < -0.4 is 4.74 Å². The maximum atomic E-state index is 13.2. The van der Waals surface area contributed by atoms with E-state index in [2.05, 4.69) is 0 Å². The van der Waals surface area contributed by atoms with E-state index in [4.69, 9.17) is 4.74 Å². The Labute approximate surface area is 113 Å². The van der Waals surface area contributed by atoms with E-state index in [0.29, 0.717) is 11.3 Å². The summed E-state index contributed by atoms with van der Waals surface area (Å²) in [5, 5.41) is 10.0. The summed E-state index contributed by atoms with van der Waals surface area (Å²) in [5.41, 5.74) is 0.687. The maximum Gasteiger partial charge on any atom is 0.143 e. The fourth-order valence-corrected chi connectivity index (χ4v) is 2.17. The first-order chi connectivity index (χ1) is 9.20. The van der Waals surface area contributed by atoms with Crippen LogP contribution in [0.25, 0.3) is 6.08 Å². The topological polar surface area (TPSA) is 29.5 Å². The number of halogens is 1. The molecule has 19 heavy (non-hydrogen) atoms. The quantitative estimate of drug-likeness (QED) is 0.841. The number of hydrogen-bond donors (Lipinski definition) is 1. The lowest BCUT2D eigenvalue weighted by atomic mass is 10.1. The number of benzene rings is 1. The van der Waals surface area contributed by atoms with Gasteiger partial charge in [0.25, 0.3) is 0 Å². The Morgan fingerprint density at radius 2 is 2.26 bits per heavy atom. The molecule has 0 aliphatic heterocycles. The van der Waals surface area contributed by atoms with Crippen LogP contribution in [0.4, 0.5) is 4.39 Å². The van der Waals surface area contributed by atoms with E-state index in [9.17, 15) is 9.50 Å². The van der Waals surface area contributed by atoms with Crippen LogP contribution in [-0.4, -0.2) is 17.3 Å². The van der Waals surface area contributed by atoms with Gasteiger partial charge in [-0.3, -0.25) is 0 Å². The second kappa shape index (κ2) is 6.53. The van der Waals surface area contributed by atoms with Crippen molar-refractivity contribution in [3.63, 3.8) is 0 Å². The van der Waals surface area contributed by atoms with Crippen LogP contribution in [0.1, 0.15) is 31.7 Å². The third-order valence-electron chi connectivity index (χ3n) is 3.16. The lowest BCUT2D eigenvalue weighted by molar-refractivity contribution is 0.0588. The normalized spacial score (nSPS) is 23.5. The molecule has 0 aromatic heterocycles. The van der Waals surface area contributed by atoms with Crippen molar-refractivity contribution >= 4 is 6.08 Å². The van der Waals surface area contributed by atoms with Crippen molar-refractivity contribution in [1.29, 1.82) is 0 Å². The highest BCUT2D eigenvalue weighted by atomic mass is 19.1. The molecule has 0 heterocycles. The van der Waals surface area contributed by atoms with Gasteiger partial charge in [-0.1, -0.05) is 18.2 Å². The molecule has 102 valence electrons. The highest BCUT2D eigenvalue weighted by molar-refractivity contribution is 5.57. The SMILES string of the molecule is C/C=C\c1cc(F)ccc1O[C@@H]1C=CCCC[C@H]1O. The second-order valence-corrected chi connectivity index (χ2v) is 4.69. The monoisotopic (exact) mass is 262 g/mol. The molecule has 2 atom stereocenters. The summed E-state index contributed by atoms with van der Waals surface area (Å²) in [4.78, 5) is 0. The molecule has 1 aromatic rings. The zero-order valence-corrected chi connectivity index (χ0v) is 11.1. The predicted molar refractivity (Wildman–Crippen MR) is 74.5 cm³/mol. The molecule has 1 aliphatic carbocycles. The maximum absolute atomic E-state index is 13.2. The van der Waals surface area contributed by atoms with E-state index in [1.165, 1.54) is 12.1 Å². The Balaban J connectivity index is 2.22. The Kier molecular flexibility index (Phi) is 4.74. The Morgan fingerprint density at radius 3 is 3.05 bits per heavy atom. The zero-order valence-electron chi connectivity index (χ0n) is 11.1. The number of aliphatic hydroxyl groups excluding tert-OH is 1. The molecule has 2 rings (SSSR count). The zero-order chi connectivity index (χ0) is 13.7. The van der Waals surface area contributed by atoms with Gasteiger partial charge in [-0.25, -0.2) is 4.39 Å². The van der Waals surface area contributed by atoms with Gasteiger partial charge < -0.3 is 9.84 Å². The van der Waals surface area contributed by atoms with Crippen LogP contribution in [0.15, 0.2) is 36.4 Å². The number of ether oxygens (including phenoxy) is 1. The molecule has 0 unspecified atom stereocenters. The van der Waals surface area contributed by atoms with Gasteiger partial charge in [0, 0.05) is 5.56 Å². The molecular weight excluding hydrogens is 243 g/mol. The van der Waals surface area contributed by atoms with E-state index in [1.54, 1.807) is 12.1 Å². The van der Waals surface area contributed by atoms with Crippen LogP contribution in [0.5, 0.6) is 5.75 Å². The summed E-state index contributed by atoms with van der Waals surface area (Å²) in [5.74, 6) is 0.299. The fraction of sp³-hybridized carbons (Fsp3) is 0.375. The van der Waals surface area contributed by atoms with Crippen LogP contribution in [0.2, 0.25) is 0 Å². The average molecular weight is 262 g/mol. The van der Waals surface area contributed by atoms with Crippen molar-refractivity contribution in [2.75, 3.05) is 0 Å². The Hall–Kier alpha value is -1.61. The first-order valence-corrected chi connectivity index (χ1v) is 6.64. The summed E-state index contributed by atoms with van der Waals surface area (Å²) in [7, 11) is 0. The van der Waals surface area contributed by atoms with Crippen LogP contribution in [0, 0.1) is 5.82 Å². The molecule has 0 amide bonds. The van der Waals surface area contributed by atoms with Gasteiger partial charge in [0.15, 0.2) is 0 Å². The van der Waals surface area contributed by atoms with Gasteiger partial charge in [-0.2, -0.15) is 0 Å². The van der Waals surface area contributed by atoms with Crippen LogP contribution >= 0.6 is 0 Å². The lowest BCUT2D eigenvalue weighted by Crippen LogP contribution is -2.29. The van der Waals surface area contributed by atoms with Crippen molar-refractivity contribution < 1.29 is 14.2 Å². The van der Waals surface area contributed by atoms with Crippen molar-refractivity contribution in [2.45, 2.75) is 38.4 Å². The van der Waals surface area contributed by atoms with Gasteiger partial charge >= 0.3 is 0 Å². The number of allylic oxidation sites excluding steroid dienone is 2.